The number of anilines is 1. The number of aromatic nitrogens is 2. The molecule has 0 aliphatic rings. The summed E-state index contributed by atoms with van der Waals surface area (Å²) in [6.07, 6.45) is 5.77. The Bertz CT molecular complexity index is 235. The predicted octanol–water partition coefficient (Wildman–Crippen LogP) is 1.10. The lowest BCUT2D eigenvalue weighted by atomic mass is 10.4. The monoisotopic (exact) mass is 185 g/mol. The lowest BCUT2D eigenvalue weighted by Gasteiger charge is -1.99. The standard InChI is InChI=1S/C7H11N3OS/c1-12-5-2-6(11)10-7-8-3-4-9-7/h3-4H,2,5H2,1H3,(H2,8,9,10,11). The molecule has 1 rings (SSSR count). The maximum Gasteiger partial charge on any atom is 0.227 e. The molecule has 0 aliphatic carbocycles. The van der Waals surface area contributed by atoms with Crippen LogP contribution in [0, 0.1) is 0 Å². The number of nitrogens with one attached hydrogen (secondary N) is 2. The van der Waals surface area contributed by atoms with E-state index in [9.17, 15) is 4.79 Å². The Morgan fingerprint density at radius 1 is 1.83 bits per heavy atom. The first-order valence-corrected chi connectivity index (χ1v) is 5.00. The van der Waals surface area contributed by atoms with Crippen LogP contribution in [0.1, 0.15) is 6.42 Å². The van der Waals surface area contributed by atoms with Crippen molar-refractivity contribution in [1.82, 2.24) is 9.97 Å². The molecule has 0 fully saturated rings. The summed E-state index contributed by atoms with van der Waals surface area (Å²) in [7, 11) is 0. The number of hydrogen-bond acceptors (Lipinski definition) is 3. The number of amides is 1. The van der Waals surface area contributed by atoms with Crippen molar-refractivity contribution in [1.29, 1.82) is 0 Å². The summed E-state index contributed by atoms with van der Waals surface area (Å²) < 4.78 is 0. The lowest BCUT2D eigenvalue weighted by Crippen LogP contribution is -2.12. The highest BCUT2D eigenvalue weighted by atomic mass is 32.2. The van der Waals surface area contributed by atoms with E-state index in [1.165, 1.54) is 0 Å². The molecule has 0 unspecified atom stereocenters. The second kappa shape index (κ2) is 4.82. The van der Waals surface area contributed by atoms with Crippen LogP contribution in [-0.4, -0.2) is 27.9 Å². The number of carbonyl (C=O) groups is 1. The van der Waals surface area contributed by atoms with E-state index in [-0.39, 0.29) is 5.91 Å². The molecule has 1 aromatic rings. The summed E-state index contributed by atoms with van der Waals surface area (Å²) in [4.78, 5) is 17.7. The van der Waals surface area contributed by atoms with Crippen LogP contribution in [0.2, 0.25) is 0 Å². The fraction of sp³-hybridized carbons (Fsp3) is 0.429. The van der Waals surface area contributed by atoms with Crippen molar-refractivity contribution >= 4 is 23.6 Å². The zero-order valence-electron chi connectivity index (χ0n) is 6.83. The molecule has 5 heteroatoms. The Morgan fingerprint density at radius 3 is 3.25 bits per heavy atom. The highest BCUT2D eigenvalue weighted by Gasteiger charge is 2.01. The molecule has 0 aromatic carbocycles. The molecule has 0 spiro atoms. The van der Waals surface area contributed by atoms with Crippen LogP contribution < -0.4 is 5.32 Å². The molecule has 0 saturated heterocycles. The molecule has 1 aromatic heterocycles. The predicted molar refractivity (Wildman–Crippen MR) is 50.2 cm³/mol. The van der Waals surface area contributed by atoms with Crippen LogP contribution in [0.4, 0.5) is 5.95 Å². The van der Waals surface area contributed by atoms with Crippen LogP contribution in [0.3, 0.4) is 0 Å². The molecular formula is C7H11N3OS. The van der Waals surface area contributed by atoms with Crippen LogP contribution in [0.5, 0.6) is 0 Å². The molecule has 66 valence electrons. The van der Waals surface area contributed by atoms with E-state index in [0.29, 0.717) is 12.4 Å². The van der Waals surface area contributed by atoms with Gasteiger partial charge < -0.3 is 4.98 Å². The Morgan fingerprint density at radius 2 is 2.67 bits per heavy atom. The van der Waals surface area contributed by atoms with Gasteiger partial charge in [0.1, 0.15) is 0 Å². The zero-order chi connectivity index (χ0) is 8.81. The SMILES string of the molecule is CSCCC(=O)Nc1ncc[nH]1. The topological polar surface area (TPSA) is 57.8 Å². The summed E-state index contributed by atoms with van der Waals surface area (Å²) >= 11 is 1.65. The number of rotatable bonds is 4. The Kier molecular flexibility index (Phi) is 3.66. The van der Waals surface area contributed by atoms with Crippen molar-refractivity contribution in [3.05, 3.63) is 12.4 Å². The smallest absolute Gasteiger partial charge is 0.227 e. The summed E-state index contributed by atoms with van der Waals surface area (Å²) in [5, 5.41) is 2.64. The molecule has 2 N–H and O–H groups in total. The fourth-order valence-electron chi connectivity index (χ4n) is 0.723. The number of carbonyl (C=O) groups excluding carboxylic acids is 1. The van der Waals surface area contributed by atoms with E-state index in [1.54, 1.807) is 24.2 Å². The minimum absolute atomic E-state index is 0.000648. The van der Waals surface area contributed by atoms with E-state index < -0.39 is 0 Å². The van der Waals surface area contributed by atoms with Gasteiger partial charge in [0.25, 0.3) is 0 Å². The molecule has 12 heavy (non-hydrogen) atoms. The molecular weight excluding hydrogens is 174 g/mol. The summed E-state index contributed by atoms with van der Waals surface area (Å²) in [6, 6.07) is 0. The van der Waals surface area contributed by atoms with Gasteiger partial charge in [-0.25, -0.2) is 4.98 Å². The van der Waals surface area contributed by atoms with Crippen molar-refractivity contribution in [2.24, 2.45) is 0 Å². The molecule has 1 amide bonds. The van der Waals surface area contributed by atoms with Gasteiger partial charge in [0.2, 0.25) is 11.9 Å². The lowest BCUT2D eigenvalue weighted by molar-refractivity contribution is -0.115. The number of nitrogens with zero attached hydrogens (tertiary/aromatic N) is 1. The maximum atomic E-state index is 11.1. The van der Waals surface area contributed by atoms with Gasteiger partial charge in [-0.3, -0.25) is 10.1 Å². The second-order valence-corrected chi connectivity index (χ2v) is 3.21. The van der Waals surface area contributed by atoms with Gasteiger partial charge in [-0.1, -0.05) is 0 Å². The van der Waals surface area contributed by atoms with E-state index in [4.69, 9.17) is 0 Å². The molecule has 0 bridgehead atoms. The number of aromatic amines is 1. The minimum atomic E-state index is -0.000648. The van der Waals surface area contributed by atoms with Crippen LogP contribution >= 0.6 is 11.8 Å². The normalized spacial score (nSPS) is 9.75. The molecule has 0 saturated carbocycles. The Balaban J connectivity index is 2.27. The quantitative estimate of drug-likeness (QED) is 0.738. The third-order valence-electron chi connectivity index (χ3n) is 1.29. The van der Waals surface area contributed by atoms with Crippen molar-refractivity contribution in [3.8, 4) is 0 Å². The first-order valence-electron chi connectivity index (χ1n) is 3.61. The van der Waals surface area contributed by atoms with Gasteiger partial charge in [-0.15, -0.1) is 0 Å². The third-order valence-corrected chi connectivity index (χ3v) is 1.90. The van der Waals surface area contributed by atoms with Gasteiger partial charge in [-0.2, -0.15) is 11.8 Å². The average molecular weight is 185 g/mol. The van der Waals surface area contributed by atoms with E-state index in [2.05, 4.69) is 15.3 Å². The average Bonchev–Trinajstić information content (AvgIpc) is 2.53. The fourth-order valence-corrected chi connectivity index (χ4v) is 1.11. The summed E-state index contributed by atoms with van der Waals surface area (Å²) in [5.41, 5.74) is 0. The number of thioether (sulfide) groups is 1. The van der Waals surface area contributed by atoms with Gasteiger partial charge in [0.15, 0.2) is 0 Å². The van der Waals surface area contributed by atoms with Gasteiger partial charge in [0.05, 0.1) is 0 Å². The van der Waals surface area contributed by atoms with Crippen molar-refractivity contribution < 1.29 is 4.79 Å². The number of H-pyrrole nitrogens is 1. The molecule has 0 atom stereocenters. The Hall–Kier alpha value is -0.970. The van der Waals surface area contributed by atoms with Crippen LogP contribution in [-0.2, 0) is 4.79 Å². The zero-order valence-corrected chi connectivity index (χ0v) is 7.65. The van der Waals surface area contributed by atoms with Gasteiger partial charge in [-0.05, 0) is 6.26 Å². The second-order valence-electron chi connectivity index (χ2n) is 2.23. The van der Waals surface area contributed by atoms with Crippen LogP contribution in [0.15, 0.2) is 12.4 Å². The van der Waals surface area contributed by atoms with Crippen molar-refractivity contribution in [2.75, 3.05) is 17.3 Å². The first kappa shape index (κ1) is 9.12. The van der Waals surface area contributed by atoms with E-state index in [0.717, 1.165) is 5.75 Å². The molecule has 4 nitrogen and oxygen atoms in total. The van der Waals surface area contributed by atoms with E-state index in [1.807, 2.05) is 6.26 Å². The molecule has 0 radical (unpaired) electrons. The van der Waals surface area contributed by atoms with Crippen molar-refractivity contribution in [2.45, 2.75) is 6.42 Å². The highest BCUT2D eigenvalue weighted by Crippen LogP contribution is 1.99. The summed E-state index contributed by atoms with van der Waals surface area (Å²) in [6.45, 7) is 0. The Labute approximate surface area is 75.2 Å². The van der Waals surface area contributed by atoms with Crippen LogP contribution in [0.25, 0.3) is 0 Å². The van der Waals surface area contributed by atoms with Crippen molar-refractivity contribution in [3.63, 3.8) is 0 Å². The molecule has 1 heterocycles. The maximum absolute atomic E-state index is 11.1. The number of imidazole rings is 1. The first-order chi connectivity index (χ1) is 5.83. The number of hydrogen-bond donors (Lipinski definition) is 2. The van der Waals surface area contributed by atoms with E-state index >= 15 is 0 Å². The van der Waals surface area contributed by atoms with Gasteiger partial charge >= 0.3 is 0 Å². The molecule has 0 aliphatic heterocycles. The minimum Gasteiger partial charge on any atom is -0.331 e. The summed E-state index contributed by atoms with van der Waals surface area (Å²) in [5.74, 6) is 1.35. The largest absolute Gasteiger partial charge is 0.331 e. The highest BCUT2D eigenvalue weighted by molar-refractivity contribution is 7.98. The third kappa shape index (κ3) is 2.96. The van der Waals surface area contributed by atoms with Gasteiger partial charge in [0, 0.05) is 24.6 Å².